The van der Waals surface area contributed by atoms with Crippen molar-refractivity contribution in [3.8, 4) is 11.5 Å². The van der Waals surface area contributed by atoms with Crippen LogP contribution in [-0.4, -0.2) is 33.1 Å². The van der Waals surface area contributed by atoms with Crippen molar-refractivity contribution in [2.24, 2.45) is 0 Å². The van der Waals surface area contributed by atoms with Gasteiger partial charge >= 0.3 is 0 Å². The SMILES string of the molecule is COc1cccc(OC)c1N1CCC(=O)C1. The average molecular weight is 221 g/mol. The van der Waals surface area contributed by atoms with Crippen LogP contribution < -0.4 is 14.4 Å². The summed E-state index contributed by atoms with van der Waals surface area (Å²) in [6.45, 7) is 1.17. The van der Waals surface area contributed by atoms with Gasteiger partial charge in [0.2, 0.25) is 0 Å². The van der Waals surface area contributed by atoms with Crippen LogP contribution in [0.15, 0.2) is 18.2 Å². The molecular weight excluding hydrogens is 206 g/mol. The van der Waals surface area contributed by atoms with Gasteiger partial charge in [-0.15, -0.1) is 0 Å². The van der Waals surface area contributed by atoms with Gasteiger partial charge in [0.1, 0.15) is 17.2 Å². The van der Waals surface area contributed by atoms with E-state index < -0.39 is 0 Å². The van der Waals surface area contributed by atoms with Crippen LogP contribution in [0, 0.1) is 0 Å². The van der Waals surface area contributed by atoms with Gasteiger partial charge in [0, 0.05) is 13.0 Å². The second-order valence-electron chi connectivity index (χ2n) is 3.72. The standard InChI is InChI=1S/C12H15NO3/c1-15-10-4-3-5-11(16-2)12(10)13-7-6-9(14)8-13/h3-5H,6-8H2,1-2H3. The number of nitrogens with zero attached hydrogens (tertiary/aromatic N) is 1. The van der Waals surface area contributed by atoms with Gasteiger partial charge in [-0.1, -0.05) is 6.07 Å². The van der Waals surface area contributed by atoms with Crippen molar-refractivity contribution >= 4 is 11.5 Å². The lowest BCUT2D eigenvalue weighted by molar-refractivity contribution is -0.116. The van der Waals surface area contributed by atoms with Gasteiger partial charge in [0.25, 0.3) is 0 Å². The van der Waals surface area contributed by atoms with Gasteiger partial charge < -0.3 is 14.4 Å². The van der Waals surface area contributed by atoms with Crippen LogP contribution in [-0.2, 0) is 4.79 Å². The first-order valence-electron chi connectivity index (χ1n) is 5.24. The third-order valence-electron chi connectivity index (χ3n) is 2.75. The zero-order chi connectivity index (χ0) is 11.5. The molecule has 0 saturated carbocycles. The van der Waals surface area contributed by atoms with Gasteiger partial charge in [-0.25, -0.2) is 0 Å². The zero-order valence-corrected chi connectivity index (χ0v) is 9.53. The Labute approximate surface area is 94.8 Å². The third-order valence-corrected chi connectivity index (χ3v) is 2.75. The predicted molar refractivity (Wildman–Crippen MR) is 61.4 cm³/mol. The van der Waals surface area contributed by atoms with Crippen LogP contribution in [0.1, 0.15) is 6.42 Å². The van der Waals surface area contributed by atoms with E-state index in [0.717, 1.165) is 23.7 Å². The second-order valence-corrected chi connectivity index (χ2v) is 3.72. The van der Waals surface area contributed by atoms with E-state index in [4.69, 9.17) is 9.47 Å². The van der Waals surface area contributed by atoms with E-state index in [1.165, 1.54) is 0 Å². The highest BCUT2D eigenvalue weighted by atomic mass is 16.5. The molecule has 0 N–H and O–H groups in total. The Hall–Kier alpha value is -1.71. The first kappa shape index (κ1) is 10.8. The first-order chi connectivity index (χ1) is 7.76. The summed E-state index contributed by atoms with van der Waals surface area (Å²) in [6, 6.07) is 5.63. The summed E-state index contributed by atoms with van der Waals surface area (Å²) in [7, 11) is 3.24. The molecule has 2 rings (SSSR count). The fourth-order valence-electron chi connectivity index (χ4n) is 1.96. The number of Topliss-reactive ketones (excluding diaryl/α,β-unsaturated/α-hetero) is 1. The summed E-state index contributed by atoms with van der Waals surface area (Å²) in [4.78, 5) is 13.3. The molecule has 86 valence electrons. The molecule has 1 aromatic rings. The molecule has 0 radical (unpaired) electrons. The van der Waals surface area contributed by atoms with E-state index in [0.29, 0.717) is 13.0 Å². The summed E-state index contributed by atoms with van der Waals surface area (Å²) in [6.07, 6.45) is 0.598. The number of hydrogen-bond donors (Lipinski definition) is 0. The highest BCUT2D eigenvalue weighted by molar-refractivity contribution is 5.88. The smallest absolute Gasteiger partial charge is 0.153 e. The Bertz CT molecular complexity index is 381. The number of rotatable bonds is 3. The first-order valence-corrected chi connectivity index (χ1v) is 5.24. The lowest BCUT2D eigenvalue weighted by atomic mass is 10.2. The second kappa shape index (κ2) is 4.43. The summed E-state index contributed by atoms with van der Waals surface area (Å²) >= 11 is 0. The van der Waals surface area contributed by atoms with Gasteiger partial charge in [0.05, 0.1) is 20.8 Å². The maximum absolute atomic E-state index is 11.3. The van der Waals surface area contributed by atoms with Crippen molar-refractivity contribution in [2.45, 2.75) is 6.42 Å². The molecule has 0 unspecified atom stereocenters. The van der Waals surface area contributed by atoms with Crippen LogP contribution in [0.2, 0.25) is 0 Å². The number of carbonyl (C=O) groups is 1. The van der Waals surface area contributed by atoms with Crippen molar-refractivity contribution in [1.82, 2.24) is 0 Å². The lowest BCUT2D eigenvalue weighted by Crippen LogP contribution is -2.20. The highest BCUT2D eigenvalue weighted by Crippen LogP contribution is 2.38. The Morgan fingerprint density at radius 3 is 2.25 bits per heavy atom. The van der Waals surface area contributed by atoms with Crippen molar-refractivity contribution in [3.63, 3.8) is 0 Å². The van der Waals surface area contributed by atoms with Crippen molar-refractivity contribution in [2.75, 3.05) is 32.2 Å². The van der Waals surface area contributed by atoms with E-state index in [2.05, 4.69) is 0 Å². The largest absolute Gasteiger partial charge is 0.494 e. The number of ketones is 1. The molecule has 1 aliphatic heterocycles. The van der Waals surface area contributed by atoms with Crippen LogP contribution in [0.3, 0.4) is 0 Å². The van der Waals surface area contributed by atoms with E-state index in [1.807, 2.05) is 23.1 Å². The fourth-order valence-corrected chi connectivity index (χ4v) is 1.96. The molecule has 4 heteroatoms. The molecule has 0 spiro atoms. The maximum Gasteiger partial charge on any atom is 0.153 e. The predicted octanol–water partition coefficient (Wildman–Crippen LogP) is 1.48. The summed E-state index contributed by atoms with van der Waals surface area (Å²) < 4.78 is 10.6. The number of methoxy groups -OCH3 is 2. The Morgan fingerprint density at radius 2 is 1.81 bits per heavy atom. The summed E-state index contributed by atoms with van der Waals surface area (Å²) in [5.74, 6) is 1.75. The van der Waals surface area contributed by atoms with Gasteiger partial charge in [-0.05, 0) is 12.1 Å². The monoisotopic (exact) mass is 221 g/mol. The Morgan fingerprint density at radius 1 is 1.19 bits per heavy atom. The topological polar surface area (TPSA) is 38.8 Å². The minimum atomic E-state index is 0.257. The molecule has 1 saturated heterocycles. The summed E-state index contributed by atoms with van der Waals surface area (Å²) in [5, 5.41) is 0. The molecule has 1 aromatic carbocycles. The number of benzene rings is 1. The normalized spacial score (nSPS) is 15.4. The van der Waals surface area contributed by atoms with Crippen molar-refractivity contribution in [3.05, 3.63) is 18.2 Å². The fraction of sp³-hybridized carbons (Fsp3) is 0.417. The van der Waals surface area contributed by atoms with E-state index in [9.17, 15) is 4.79 Å². The van der Waals surface area contributed by atoms with E-state index >= 15 is 0 Å². The molecule has 1 fully saturated rings. The Balaban J connectivity index is 2.40. The molecule has 0 aliphatic carbocycles. The number of hydrogen-bond acceptors (Lipinski definition) is 4. The maximum atomic E-state index is 11.3. The molecular formula is C12H15NO3. The van der Waals surface area contributed by atoms with Crippen LogP contribution in [0.5, 0.6) is 11.5 Å². The third kappa shape index (κ3) is 1.83. The van der Waals surface area contributed by atoms with Crippen molar-refractivity contribution in [1.29, 1.82) is 0 Å². The minimum absolute atomic E-state index is 0.257. The highest BCUT2D eigenvalue weighted by Gasteiger charge is 2.24. The molecule has 0 atom stereocenters. The Kier molecular flexibility index (Phi) is 2.99. The van der Waals surface area contributed by atoms with Crippen LogP contribution >= 0.6 is 0 Å². The molecule has 0 aromatic heterocycles. The molecule has 1 aliphatic rings. The molecule has 1 heterocycles. The van der Waals surface area contributed by atoms with Gasteiger partial charge in [-0.3, -0.25) is 4.79 Å². The van der Waals surface area contributed by atoms with Gasteiger partial charge in [-0.2, -0.15) is 0 Å². The van der Waals surface area contributed by atoms with E-state index in [1.54, 1.807) is 14.2 Å². The molecule has 4 nitrogen and oxygen atoms in total. The number of anilines is 1. The lowest BCUT2D eigenvalue weighted by Gasteiger charge is -2.22. The number of para-hydroxylation sites is 1. The minimum Gasteiger partial charge on any atom is -0.494 e. The molecule has 0 bridgehead atoms. The molecule has 16 heavy (non-hydrogen) atoms. The summed E-state index contributed by atoms with van der Waals surface area (Å²) in [5.41, 5.74) is 0.873. The van der Waals surface area contributed by atoms with Crippen molar-refractivity contribution < 1.29 is 14.3 Å². The average Bonchev–Trinajstić information content (AvgIpc) is 2.74. The van der Waals surface area contributed by atoms with Gasteiger partial charge in [0.15, 0.2) is 5.78 Å². The number of ether oxygens (including phenoxy) is 2. The van der Waals surface area contributed by atoms with Crippen LogP contribution in [0.4, 0.5) is 5.69 Å². The quantitative estimate of drug-likeness (QED) is 0.775. The number of carbonyl (C=O) groups excluding carboxylic acids is 1. The zero-order valence-electron chi connectivity index (χ0n) is 9.53. The van der Waals surface area contributed by atoms with E-state index in [-0.39, 0.29) is 5.78 Å². The molecule has 0 amide bonds. The van der Waals surface area contributed by atoms with Crippen LogP contribution in [0.25, 0.3) is 0 Å².